The number of carbonyl (C=O) groups is 1. The Labute approximate surface area is 166 Å². The Bertz CT molecular complexity index is 1210. The van der Waals surface area contributed by atoms with Gasteiger partial charge in [0.25, 0.3) is 0 Å². The summed E-state index contributed by atoms with van der Waals surface area (Å²) >= 11 is 0.987. The summed E-state index contributed by atoms with van der Waals surface area (Å²) in [6.07, 6.45) is 2.32. The molecule has 2 aromatic carbocycles. The van der Waals surface area contributed by atoms with Crippen molar-refractivity contribution >= 4 is 45.6 Å². The first-order valence-electron chi connectivity index (χ1n) is 9.13. The normalized spacial score (nSPS) is 12.1. The Hall–Kier alpha value is -3.06. The highest BCUT2D eigenvalue weighted by atomic mass is 32.2. The highest BCUT2D eigenvalue weighted by Gasteiger charge is 2.11. The number of aryl methyl sites for hydroxylation is 2. The Morgan fingerprint density at radius 3 is 2.68 bits per heavy atom. The summed E-state index contributed by atoms with van der Waals surface area (Å²) in [5, 5.41) is 21.1. The molecule has 28 heavy (non-hydrogen) atoms. The number of fused-ring (bicyclic) bond motifs is 3. The Morgan fingerprint density at radius 2 is 1.96 bits per heavy atom. The molecule has 0 spiro atoms. The van der Waals surface area contributed by atoms with Crippen molar-refractivity contribution in [1.29, 1.82) is 0 Å². The van der Waals surface area contributed by atoms with Gasteiger partial charge in [0.15, 0.2) is 0 Å². The van der Waals surface area contributed by atoms with Crippen molar-refractivity contribution in [2.24, 2.45) is 0 Å². The lowest BCUT2D eigenvalue weighted by atomic mass is 10.1. The number of nitrogens with one attached hydrogen (secondary N) is 1. The van der Waals surface area contributed by atoms with Crippen LogP contribution in [0.15, 0.2) is 52.5 Å². The number of nitrogens with zero attached hydrogens (tertiary/aromatic N) is 3. The van der Waals surface area contributed by atoms with E-state index >= 15 is 0 Å². The number of hydrogen-bond donors (Lipinski definition) is 1. The van der Waals surface area contributed by atoms with Crippen LogP contribution in [0, 0.1) is 0 Å². The molecular weight excluding hydrogens is 372 g/mol. The van der Waals surface area contributed by atoms with Crippen LogP contribution in [0.5, 0.6) is 0 Å². The van der Waals surface area contributed by atoms with Crippen LogP contribution < -0.4 is 5.11 Å². The lowest BCUT2D eigenvalue weighted by molar-refractivity contribution is -0.297. The Morgan fingerprint density at radius 1 is 1.18 bits per heavy atom. The molecule has 0 saturated heterocycles. The molecule has 0 aliphatic carbocycles. The van der Waals surface area contributed by atoms with Crippen LogP contribution in [0.3, 0.4) is 0 Å². The fourth-order valence-corrected chi connectivity index (χ4v) is 4.09. The zero-order valence-corrected chi connectivity index (χ0v) is 16.4. The first kappa shape index (κ1) is 18.3. The number of aromatic amines is 1. The number of rotatable bonds is 6. The fourth-order valence-electron chi connectivity index (χ4n) is 3.36. The predicted octanol–water partition coefficient (Wildman–Crippen LogP) is 3.38. The van der Waals surface area contributed by atoms with E-state index in [1.165, 1.54) is 5.52 Å². The number of para-hydroxylation sites is 1. The van der Waals surface area contributed by atoms with Gasteiger partial charge >= 0.3 is 0 Å². The molecule has 0 atom stereocenters. The van der Waals surface area contributed by atoms with Crippen molar-refractivity contribution in [2.75, 3.05) is 0 Å². The number of aromatic nitrogens is 4. The zero-order valence-electron chi connectivity index (χ0n) is 15.6. The number of hydrogen-bond acceptors (Lipinski definition) is 5. The third-order valence-corrected chi connectivity index (χ3v) is 5.53. The van der Waals surface area contributed by atoms with E-state index in [9.17, 15) is 9.90 Å². The summed E-state index contributed by atoms with van der Waals surface area (Å²) in [5.41, 5.74) is 3.10. The van der Waals surface area contributed by atoms with Crippen molar-refractivity contribution in [3.63, 3.8) is 0 Å². The van der Waals surface area contributed by atoms with Crippen LogP contribution in [-0.4, -0.2) is 25.7 Å². The molecule has 7 heteroatoms. The molecule has 2 aromatic heterocycles. The second-order valence-electron chi connectivity index (χ2n) is 6.35. The number of H-pyrrole nitrogens is 1. The summed E-state index contributed by atoms with van der Waals surface area (Å²) in [7, 11) is 0. The minimum Gasteiger partial charge on any atom is -0.544 e. The molecule has 0 amide bonds. The van der Waals surface area contributed by atoms with Crippen molar-refractivity contribution in [2.45, 2.75) is 32.0 Å². The van der Waals surface area contributed by atoms with E-state index in [0.29, 0.717) is 17.4 Å². The minimum atomic E-state index is -1.25. The molecule has 4 aromatic rings. The van der Waals surface area contributed by atoms with Crippen LogP contribution >= 0.6 is 11.8 Å². The van der Waals surface area contributed by atoms with Crippen molar-refractivity contribution in [3.8, 4) is 0 Å². The van der Waals surface area contributed by atoms with E-state index in [0.717, 1.165) is 40.2 Å². The van der Waals surface area contributed by atoms with Gasteiger partial charge in [0, 0.05) is 39.7 Å². The molecule has 0 fully saturated rings. The lowest BCUT2D eigenvalue weighted by Gasteiger charge is -2.06. The smallest absolute Gasteiger partial charge is 0.213 e. The highest BCUT2D eigenvalue weighted by Crippen LogP contribution is 2.31. The third-order valence-electron chi connectivity index (χ3n) is 4.66. The molecular formula is C21H19N4O2S-. The number of aliphatic carboxylic acids is 1. The van der Waals surface area contributed by atoms with Gasteiger partial charge in [-0.05, 0) is 48.5 Å². The monoisotopic (exact) mass is 391 g/mol. The summed E-state index contributed by atoms with van der Waals surface area (Å²) in [5.74, 6) is -0.530. The third kappa shape index (κ3) is 3.29. The van der Waals surface area contributed by atoms with Gasteiger partial charge in [-0.15, -0.1) is 5.10 Å². The first-order chi connectivity index (χ1) is 13.6. The van der Waals surface area contributed by atoms with Crippen LogP contribution in [0.25, 0.3) is 27.9 Å². The van der Waals surface area contributed by atoms with E-state index in [2.05, 4.69) is 38.8 Å². The molecule has 4 rings (SSSR count). The quantitative estimate of drug-likeness (QED) is 0.402. The topological polar surface area (TPSA) is 86.6 Å². The van der Waals surface area contributed by atoms with Crippen molar-refractivity contribution in [3.05, 3.63) is 58.8 Å². The standard InChI is InChI=1S/C21H20N4O2S/c1-3-19-22-21(24-23-19)28-18(20(26)27)12-13-9-10-17-15(11-13)14-7-5-6-8-16(14)25(17)4-2/h5-12H,3-4H2,1-2H3,(H,26,27)(H,22,23,24)/p-1/b18-12-. The van der Waals surface area contributed by atoms with Crippen LogP contribution in [0.2, 0.25) is 0 Å². The molecule has 0 aliphatic heterocycles. The van der Waals surface area contributed by atoms with Gasteiger partial charge in [0.1, 0.15) is 5.82 Å². The SMILES string of the molecule is CCc1nc(S/C(=C\c2ccc3c(c2)c2ccccc2n3CC)C(=O)[O-])n[nH]1. The summed E-state index contributed by atoms with van der Waals surface area (Å²) in [4.78, 5) is 16.0. The van der Waals surface area contributed by atoms with Crippen LogP contribution in [0.1, 0.15) is 25.2 Å². The highest BCUT2D eigenvalue weighted by molar-refractivity contribution is 8.04. The molecule has 0 unspecified atom stereocenters. The predicted molar refractivity (Wildman–Crippen MR) is 110 cm³/mol. The zero-order chi connectivity index (χ0) is 19.7. The van der Waals surface area contributed by atoms with Crippen LogP contribution in [-0.2, 0) is 17.8 Å². The van der Waals surface area contributed by atoms with Crippen LogP contribution in [0.4, 0.5) is 0 Å². The van der Waals surface area contributed by atoms with Gasteiger partial charge in [-0.2, -0.15) is 0 Å². The van der Waals surface area contributed by atoms with Gasteiger partial charge in [-0.3, -0.25) is 5.10 Å². The van der Waals surface area contributed by atoms with E-state index in [4.69, 9.17) is 0 Å². The summed E-state index contributed by atoms with van der Waals surface area (Å²) in [6, 6.07) is 14.2. The van der Waals surface area contributed by atoms with Crippen molar-refractivity contribution in [1.82, 2.24) is 19.7 Å². The van der Waals surface area contributed by atoms with E-state index in [1.807, 2.05) is 37.3 Å². The molecule has 0 aliphatic rings. The Kier molecular flexibility index (Phi) is 4.92. The average Bonchev–Trinajstić information content (AvgIpc) is 3.29. The maximum Gasteiger partial charge on any atom is 0.213 e. The summed E-state index contributed by atoms with van der Waals surface area (Å²) in [6.45, 7) is 4.93. The lowest BCUT2D eigenvalue weighted by Crippen LogP contribution is -2.23. The second kappa shape index (κ2) is 7.52. The van der Waals surface area contributed by atoms with Gasteiger partial charge in [-0.25, -0.2) is 4.98 Å². The molecule has 0 radical (unpaired) electrons. The summed E-state index contributed by atoms with van der Waals surface area (Å²) < 4.78 is 2.26. The van der Waals surface area contributed by atoms with E-state index in [-0.39, 0.29) is 4.91 Å². The van der Waals surface area contributed by atoms with Gasteiger partial charge in [0.05, 0.1) is 5.97 Å². The second-order valence-corrected chi connectivity index (χ2v) is 7.36. The number of thioether (sulfide) groups is 1. The maximum atomic E-state index is 11.6. The Balaban J connectivity index is 1.78. The number of benzene rings is 2. The molecule has 2 heterocycles. The molecule has 1 N–H and O–H groups in total. The maximum absolute atomic E-state index is 11.6. The van der Waals surface area contributed by atoms with Gasteiger partial charge < -0.3 is 14.5 Å². The number of carboxylic acid groups (broad SMARTS) is 1. The van der Waals surface area contributed by atoms with E-state index in [1.54, 1.807) is 6.08 Å². The van der Waals surface area contributed by atoms with Crippen molar-refractivity contribution < 1.29 is 9.90 Å². The van der Waals surface area contributed by atoms with E-state index < -0.39 is 5.97 Å². The largest absolute Gasteiger partial charge is 0.544 e. The average molecular weight is 391 g/mol. The number of carbonyl (C=O) groups excluding carboxylic acids is 1. The molecule has 142 valence electrons. The molecule has 6 nitrogen and oxygen atoms in total. The van der Waals surface area contributed by atoms with Gasteiger partial charge in [0.2, 0.25) is 5.16 Å². The molecule has 0 saturated carbocycles. The van der Waals surface area contributed by atoms with Gasteiger partial charge in [-0.1, -0.05) is 31.2 Å². The minimum absolute atomic E-state index is 0.0697. The number of carboxylic acids is 1. The fraction of sp³-hybridized carbons (Fsp3) is 0.190. The molecule has 0 bridgehead atoms. The first-order valence-corrected chi connectivity index (χ1v) is 9.95.